The second-order valence-electron chi connectivity index (χ2n) is 4.57. The molecule has 0 saturated carbocycles. The minimum atomic E-state index is -0.685. The summed E-state index contributed by atoms with van der Waals surface area (Å²) in [5, 5.41) is 0.0460. The van der Waals surface area contributed by atoms with E-state index >= 15 is 0 Å². The highest BCUT2D eigenvalue weighted by molar-refractivity contribution is 6.32. The van der Waals surface area contributed by atoms with Gasteiger partial charge in [-0.05, 0) is 32.9 Å². The Balaban J connectivity index is 2.49. The van der Waals surface area contributed by atoms with Crippen LogP contribution in [0.1, 0.15) is 31.1 Å². The Morgan fingerprint density at radius 1 is 1.33 bits per heavy atom. The molecule has 0 aliphatic carbocycles. The quantitative estimate of drug-likeness (QED) is 0.480. The molecule has 0 unspecified atom stereocenters. The topological polar surface area (TPSA) is 65.5 Å². The molecule has 0 aromatic carbocycles. The number of nitrogens with zero attached hydrogens (tertiary/aromatic N) is 1. The van der Waals surface area contributed by atoms with Crippen LogP contribution < -0.4 is 0 Å². The van der Waals surface area contributed by atoms with Crippen molar-refractivity contribution >= 4 is 23.5 Å². The van der Waals surface area contributed by atoms with Crippen LogP contribution in [0.25, 0.3) is 0 Å². The Kier molecular flexibility index (Phi) is 4.67. The number of hydrogen-bond acceptors (Lipinski definition) is 5. The van der Waals surface area contributed by atoms with Gasteiger partial charge in [0.15, 0.2) is 0 Å². The predicted molar refractivity (Wildman–Crippen MR) is 65.1 cm³/mol. The molecule has 0 radical (unpaired) electrons. The van der Waals surface area contributed by atoms with E-state index in [1.807, 2.05) is 0 Å². The van der Waals surface area contributed by atoms with Crippen molar-refractivity contribution in [1.29, 1.82) is 0 Å². The maximum atomic E-state index is 11.6. The van der Waals surface area contributed by atoms with Crippen LogP contribution in [0.2, 0.25) is 5.15 Å². The summed E-state index contributed by atoms with van der Waals surface area (Å²) in [6, 6.07) is 3.03. The van der Waals surface area contributed by atoms with Gasteiger partial charge in [-0.3, -0.25) is 4.79 Å². The van der Waals surface area contributed by atoms with Gasteiger partial charge < -0.3 is 9.47 Å². The van der Waals surface area contributed by atoms with Gasteiger partial charge >= 0.3 is 11.9 Å². The molecule has 1 aromatic rings. The number of rotatable bonds is 3. The zero-order valence-electron chi connectivity index (χ0n) is 10.4. The third kappa shape index (κ3) is 4.00. The molecule has 18 heavy (non-hydrogen) atoms. The Labute approximate surface area is 110 Å². The van der Waals surface area contributed by atoms with Gasteiger partial charge in [-0.1, -0.05) is 11.6 Å². The molecule has 1 aromatic heterocycles. The fourth-order valence-corrected chi connectivity index (χ4v) is 1.17. The first-order chi connectivity index (χ1) is 8.32. The number of ether oxygens (including phenoxy) is 2. The molecule has 0 atom stereocenters. The highest BCUT2D eigenvalue weighted by atomic mass is 35.5. The van der Waals surface area contributed by atoms with Gasteiger partial charge in [0, 0.05) is 6.20 Å². The Bertz CT molecular complexity index is 454. The molecular weight excluding hydrogens is 258 g/mol. The standard InChI is InChI=1S/C12H14ClNO4/c1-12(2,3)11(16)18-7-17-10(15)8-5-4-6-14-9(8)13/h4-6H,7H2,1-3H3. The van der Waals surface area contributed by atoms with E-state index in [0.717, 1.165) is 0 Å². The summed E-state index contributed by atoms with van der Waals surface area (Å²) in [6.45, 7) is 4.67. The molecule has 0 aliphatic heterocycles. The van der Waals surface area contributed by atoms with Crippen molar-refractivity contribution in [2.24, 2.45) is 5.41 Å². The molecule has 6 heteroatoms. The van der Waals surface area contributed by atoms with Crippen molar-refractivity contribution < 1.29 is 19.1 Å². The van der Waals surface area contributed by atoms with E-state index in [1.54, 1.807) is 26.8 Å². The largest absolute Gasteiger partial charge is 0.427 e. The van der Waals surface area contributed by atoms with Crippen LogP contribution in [0.15, 0.2) is 18.3 Å². The van der Waals surface area contributed by atoms with Gasteiger partial charge in [-0.2, -0.15) is 0 Å². The van der Waals surface area contributed by atoms with E-state index in [1.165, 1.54) is 12.3 Å². The minimum Gasteiger partial charge on any atom is -0.427 e. The molecule has 1 rings (SSSR count). The normalized spacial score (nSPS) is 10.9. The van der Waals surface area contributed by atoms with Crippen molar-refractivity contribution in [2.75, 3.05) is 6.79 Å². The van der Waals surface area contributed by atoms with Gasteiger partial charge in [0.1, 0.15) is 5.15 Å². The number of pyridine rings is 1. The molecule has 0 N–H and O–H groups in total. The predicted octanol–water partition coefficient (Wildman–Crippen LogP) is 2.44. The molecule has 0 spiro atoms. The number of carbonyl (C=O) groups excluding carboxylic acids is 2. The zero-order valence-corrected chi connectivity index (χ0v) is 11.2. The van der Waals surface area contributed by atoms with Gasteiger partial charge in [-0.25, -0.2) is 9.78 Å². The van der Waals surface area contributed by atoms with E-state index in [-0.39, 0.29) is 10.7 Å². The molecule has 0 aliphatic rings. The lowest BCUT2D eigenvalue weighted by atomic mass is 9.98. The van der Waals surface area contributed by atoms with Crippen molar-refractivity contribution in [1.82, 2.24) is 4.98 Å². The maximum absolute atomic E-state index is 11.6. The summed E-state index contributed by atoms with van der Waals surface area (Å²) < 4.78 is 9.56. The summed E-state index contributed by atoms with van der Waals surface area (Å²) in [4.78, 5) is 26.7. The number of aromatic nitrogens is 1. The van der Waals surface area contributed by atoms with Crippen LogP contribution in [0, 0.1) is 5.41 Å². The Morgan fingerprint density at radius 3 is 2.56 bits per heavy atom. The highest BCUT2D eigenvalue weighted by Crippen LogP contribution is 2.16. The van der Waals surface area contributed by atoms with E-state index in [9.17, 15) is 9.59 Å². The lowest BCUT2D eigenvalue weighted by molar-refractivity contribution is -0.161. The van der Waals surface area contributed by atoms with Gasteiger partial charge in [-0.15, -0.1) is 0 Å². The first kappa shape index (κ1) is 14.4. The van der Waals surface area contributed by atoms with Crippen molar-refractivity contribution in [3.05, 3.63) is 29.0 Å². The summed E-state index contributed by atoms with van der Waals surface area (Å²) >= 11 is 5.71. The maximum Gasteiger partial charge on any atom is 0.344 e. The van der Waals surface area contributed by atoms with Gasteiger partial charge in [0.05, 0.1) is 11.0 Å². The van der Waals surface area contributed by atoms with E-state index in [2.05, 4.69) is 4.98 Å². The van der Waals surface area contributed by atoms with Crippen LogP contribution in [0.4, 0.5) is 0 Å². The van der Waals surface area contributed by atoms with Crippen molar-refractivity contribution in [2.45, 2.75) is 20.8 Å². The molecule has 1 heterocycles. The molecule has 0 fully saturated rings. The Morgan fingerprint density at radius 2 is 2.00 bits per heavy atom. The molecule has 0 bridgehead atoms. The first-order valence-electron chi connectivity index (χ1n) is 5.27. The fraction of sp³-hybridized carbons (Fsp3) is 0.417. The number of hydrogen-bond donors (Lipinski definition) is 0. The van der Waals surface area contributed by atoms with E-state index < -0.39 is 24.1 Å². The Hall–Kier alpha value is -1.62. The molecular formula is C12H14ClNO4. The second kappa shape index (κ2) is 5.82. The highest BCUT2D eigenvalue weighted by Gasteiger charge is 2.23. The van der Waals surface area contributed by atoms with Gasteiger partial charge in [0.2, 0.25) is 6.79 Å². The summed E-state index contributed by atoms with van der Waals surface area (Å²) in [7, 11) is 0. The van der Waals surface area contributed by atoms with Crippen LogP contribution >= 0.6 is 11.6 Å². The number of esters is 2. The summed E-state index contributed by atoms with van der Waals surface area (Å²) in [6.07, 6.45) is 1.46. The van der Waals surface area contributed by atoms with Crippen LogP contribution in [-0.2, 0) is 14.3 Å². The molecule has 0 saturated heterocycles. The SMILES string of the molecule is CC(C)(C)C(=O)OCOC(=O)c1cccnc1Cl. The summed E-state index contributed by atoms with van der Waals surface area (Å²) in [5.74, 6) is -1.14. The molecule has 0 amide bonds. The van der Waals surface area contributed by atoms with Gasteiger partial charge in [0.25, 0.3) is 0 Å². The monoisotopic (exact) mass is 271 g/mol. The fourth-order valence-electron chi connectivity index (χ4n) is 0.969. The molecule has 98 valence electrons. The van der Waals surface area contributed by atoms with Crippen LogP contribution in [0.5, 0.6) is 0 Å². The second-order valence-corrected chi connectivity index (χ2v) is 4.93. The third-order valence-electron chi connectivity index (χ3n) is 1.97. The number of halogens is 1. The minimum absolute atomic E-state index is 0.0460. The smallest absolute Gasteiger partial charge is 0.344 e. The first-order valence-corrected chi connectivity index (χ1v) is 5.65. The lowest BCUT2D eigenvalue weighted by Crippen LogP contribution is -2.24. The van der Waals surface area contributed by atoms with Crippen molar-refractivity contribution in [3.63, 3.8) is 0 Å². The van der Waals surface area contributed by atoms with Crippen LogP contribution in [-0.4, -0.2) is 23.7 Å². The zero-order chi connectivity index (χ0) is 13.8. The average molecular weight is 272 g/mol. The van der Waals surface area contributed by atoms with Crippen LogP contribution in [0.3, 0.4) is 0 Å². The number of carbonyl (C=O) groups is 2. The van der Waals surface area contributed by atoms with Crippen molar-refractivity contribution in [3.8, 4) is 0 Å². The average Bonchev–Trinajstić information content (AvgIpc) is 2.28. The third-order valence-corrected chi connectivity index (χ3v) is 2.27. The van der Waals surface area contributed by atoms with E-state index in [0.29, 0.717) is 0 Å². The lowest BCUT2D eigenvalue weighted by Gasteiger charge is -2.16. The summed E-state index contributed by atoms with van der Waals surface area (Å²) in [5.41, 5.74) is -0.510. The van der Waals surface area contributed by atoms with E-state index in [4.69, 9.17) is 21.1 Å². The molecule has 5 nitrogen and oxygen atoms in total.